The highest BCUT2D eigenvalue weighted by molar-refractivity contribution is 5.81. The van der Waals surface area contributed by atoms with Gasteiger partial charge in [-0.25, -0.2) is 4.39 Å². The molecule has 0 radical (unpaired) electrons. The number of hydrogen-bond donors (Lipinski definition) is 1. The van der Waals surface area contributed by atoms with E-state index >= 15 is 0 Å². The van der Waals surface area contributed by atoms with Gasteiger partial charge in [-0.2, -0.15) is 0 Å². The number of ether oxygens (including phenoxy) is 4. The van der Waals surface area contributed by atoms with E-state index in [2.05, 4.69) is 31.3 Å². The molecule has 248 valence electrons. The highest BCUT2D eigenvalue weighted by atomic mass is 19.1. The lowest BCUT2D eigenvalue weighted by Gasteiger charge is -2.28. The number of amides is 1. The first kappa shape index (κ1) is 34.8. The highest BCUT2D eigenvalue weighted by Gasteiger charge is 2.29. The Bertz CT molecular complexity index is 1470. The zero-order valence-electron chi connectivity index (χ0n) is 27.9. The Morgan fingerprint density at radius 2 is 1.72 bits per heavy atom. The van der Waals surface area contributed by atoms with Crippen LogP contribution in [0.15, 0.2) is 48.5 Å². The van der Waals surface area contributed by atoms with Crippen molar-refractivity contribution < 1.29 is 32.9 Å². The number of rotatable bonds is 16. The lowest BCUT2D eigenvalue weighted by molar-refractivity contribution is -0.147. The Labute approximate surface area is 272 Å². The van der Waals surface area contributed by atoms with Crippen molar-refractivity contribution in [2.45, 2.75) is 85.7 Å². The summed E-state index contributed by atoms with van der Waals surface area (Å²) >= 11 is 0. The molecule has 8 heteroatoms. The van der Waals surface area contributed by atoms with Crippen molar-refractivity contribution in [1.82, 2.24) is 5.32 Å². The van der Waals surface area contributed by atoms with Crippen LogP contribution in [-0.4, -0.2) is 44.3 Å². The van der Waals surface area contributed by atoms with Crippen LogP contribution in [0.5, 0.6) is 17.2 Å². The minimum absolute atomic E-state index is 0.154. The molecule has 1 amide bonds. The van der Waals surface area contributed by atoms with E-state index in [1.807, 2.05) is 19.1 Å². The van der Waals surface area contributed by atoms with Crippen LogP contribution in [0.25, 0.3) is 11.1 Å². The van der Waals surface area contributed by atoms with Crippen LogP contribution in [0.3, 0.4) is 0 Å². The molecule has 1 heterocycles. The number of nitrogens with one attached hydrogen (secondary N) is 1. The topological polar surface area (TPSA) is 83.1 Å². The summed E-state index contributed by atoms with van der Waals surface area (Å²) in [4.78, 5) is 24.5. The van der Waals surface area contributed by atoms with Gasteiger partial charge < -0.3 is 24.3 Å². The van der Waals surface area contributed by atoms with Crippen LogP contribution in [-0.2, 0) is 33.6 Å². The molecule has 3 aromatic rings. The maximum absolute atomic E-state index is 13.4. The van der Waals surface area contributed by atoms with E-state index < -0.39 is 6.10 Å². The van der Waals surface area contributed by atoms with Gasteiger partial charge >= 0.3 is 5.97 Å². The van der Waals surface area contributed by atoms with E-state index in [0.717, 1.165) is 76.3 Å². The molecule has 0 saturated heterocycles. The number of carbonyl (C=O) groups is 2. The second-order valence-electron chi connectivity index (χ2n) is 12.1. The first-order chi connectivity index (χ1) is 22.2. The van der Waals surface area contributed by atoms with Gasteiger partial charge in [-0.3, -0.25) is 9.59 Å². The molecule has 4 rings (SSSR count). The van der Waals surface area contributed by atoms with E-state index in [4.69, 9.17) is 18.9 Å². The van der Waals surface area contributed by atoms with Gasteiger partial charge in [0.25, 0.3) is 5.91 Å². The Balaban J connectivity index is 1.30. The molecule has 0 bridgehead atoms. The summed E-state index contributed by atoms with van der Waals surface area (Å²) in [6.07, 6.45) is 4.55. The molecule has 3 aromatic carbocycles. The number of halogens is 1. The summed E-state index contributed by atoms with van der Waals surface area (Å²) in [6.45, 7) is 11.5. The van der Waals surface area contributed by atoms with Gasteiger partial charge in [0.2, 0.25) is 0 Å². The Hall–Kier alpha value is -4.07. The molecule has 1 aliphatic heterocycles. The summed E-state index contributed by atoms with van der Waals surface area (Å²) in [6, 6.07) is 14.8. The molecule has 1 aliphatic rings. The summed E-state index contributed by atoms with van der Waals surface area (Å²) in [5.41, 5.74) is 6.34. The molecular formula is C38H48FNO6. The first-order valence-corrected chi connectivity index (χ1v) is 16.6. The number of carbonyl (C=O) groups excluding carboxylic acids is 2. The molecule has 0 spiro atoms. The quantitative estimate of drug-likeness (QED) is 0.130. The number of hydrogen-bond acceptors (Lipinski definition) is 6. The summed E-state index contributed by atoms with van der Waals surface area (Å²) in [7, 11) is 0. The standard InChI is InChI=1S/C38H48FNO6/c1-6-10-31-33(17-13-29-14-18-34(46-36(29)31)37(41)40-19-8-20-45-38(42)25(3)4)43-21-9-22-44-35-23-26(5)32(24-27(35)7-2)28-11-15-30(39)16-12-28/h11-13,15-17,23-25,34H,6-10,14,18-22H2,1-5H3,(H,40,41). The average Bonchev–Trinajstić information content (AvgIpc) is 3.05. The van der Waals surface area contributed by atoms with Gasteiger partial charge in [-0.15, -0.1) is 0 Å². The summed E-state index contributed by atoms with van der Waals surface area (Å²) in [5, 5.41) is 2.92. The molecule has 7 nitrogen and oxygen atoms in total. The van der Waals surface area contributed by atoms with Crippen LogP contribution in [0.4, 0.5) is 4.39 Å². The SMILES string of the molecule is CCCc1c(OCCCOc2cc(C)c(-c3ccc(F)cc3)cc2CC)ccc2c1OC(C(=O)NCCCOC(=O)C(C)C)CC2. The van der Waals surface area contributed by atoms with Gasteiger partial charge in [-0.1, -0.05) is 52.3 Å². The fourth-order valence-corrected chi connectivity index (χ4v) is 5.53. The third-order valence-electron chi connectivity index (χ3n) is 8.11. The molecule has 0 aromatic heterocycles. The van der Waals surface area contributed by atoms with Crippen LogP contribution in [0, 0.1) is 18.7 Å². The van der Waals surface area contributed by atoms with Gasteiger partial charge in [-0.05, 0) is 97.2 Å². The molecule has 46 heavy (non-hydrogen) atoms. The normalized spacial score (nSPS) is 13.9. The first-order valence-electron chi connectivity index (χ1n) is 16.6. The fourth-order valence-electron chi connectivity index (χ4n) is 5.53. The Kier molecular flexibility index (Phi) is 12.9. The summed E-state index contributed by atoms with van der Waals surface area (Å²) in [5.74, 6) is 1.61. The maximum Gasteiger partial charge on any atom is 0.308 e. The average molecular weight is 634 g/mol. The second-order valence-corrected chi connectivity index (χ2v) is 12.1. The fraction of sp³-hybridized carbons (Fsp3) is 0.474. The highest BCUT2D eigenvalue weighted by Crippen LogP contribution is 2.38. The monoisotopic (exact) mass is 633 g/mol. The van der Waals surface area contributed by atoms with Gasteiger partial charge in [0.15, 0.2) is 6.10 Å². The largest absolute Gasteiger partial charge is 0.493 e. The van der Waals surface area contributed by atoms with Gasteiger partial charge in [0.05, 0.1) is 25.7 Å². The Morgan fingerprint density at radius 3 is 2.41 bits per heavy atom. The maximum atomic E-state index is 13.4. The van der Waals surface area contributed by atoms with Crippen LogP contribution >= 0.6 is 0 Å². The molecule has 0 fully saturated rings. The molecule has 0 saturated carbocycles. The minimum Gasteiger partial charge on any atom is -0.493 e. The lowest BCUT2D eigenvalue weighted by Crippen LogP contribution is -2.41. The van der Waals surface area contributed by atoms with Crippen molar-refractivity contribution in [3.63, 3.8) is 0 Å². The Morgan fingerprint density at radius 1 is 0.978 bits per heavy atom. The molecular weight excluding hydrogens is 585 g/mol. The van der Waals surface area contributed by atoms with Crippen LogP contribution < -0.4 is 19.5 Å². The van der Waals surface area contributed by atoms with Crippen molar-refractivity contribution in [2.24, 2.45) is 5.92 Å². The third-order valence-corrected chi connectivity index (χ3v) is 8.11. The van der Waals surface area contributed by atoms with Crippen molar-refractivity contribution >= 4 is 11.9 Å². The molecule has 0 aliphatic carbocycles. The summed E-state index contributed by atoms with van der Waals surface area (Å²) < 4.78 is 37.4. The van der Waals surface area contributed by atoms with Crippen molar-refractivity contribution in [3.05, 3.63) is 76.6 Å². The number of aryl methyl sites for hydroxylation is 3. The van der Waals surface area contributed by atoms with Crippen molar-refractivity contribution in [3.8, 4) is 28.4 Å². The van der Waals surface area contributed by atoms with Gasteiger partial charge in [0.1, 0.15) is 23.1 Å². The molecule has 1 atom stereocenters. The number of benzene rings is 3. The number of esters is 1. The van der Waals surface area contributed by atoms with Crippen LogP contribution in [0.2, 0.25) is 0 Å². The third kappa shape index (κ3) is 9.24. The zero-order chi connectivity index (χ0) is 33.1. The van der Waals surface area contributed by atoms with E-state index in [9.17, 15) is 14.0 Å². The van der Waals surface area contributed by atoms with E-state index in [1.54, 1.807) is 26.0 Å². The predicted octanol–water partition coefficient (Wildman–Crippen LogP) is 7.56. The second kappa shape index (κ2) is 17.0. The lowest BCUT2D eigenvalue weighted by atomic mass is 9.96. The van der Waals surface area contributed by atoms with E-state index in [1.165, 1.54) is 12.1 Å². The van der Waals surface area contributed by atoms with E-state index in [-0.39, 0.29) is 30.2 Å². The zero-order valence-corrected chi connectivity index (χ0v) is 27.9. The van der Waals surface area contributed by atoms with Crippen LogP contribution in [0.1, 0.15) is 75.6 Å². The minimum atomic E-state index is -0.573. The van der Waals surface area contributed by atoms with Crippen molar-refractivity contribution in [2.75, 3.05) is 26.4 Å². The van der Waals surface area contributed by atoms with E-state index in [0.29, 0.717) is 39.0 Å². The van der Waals surface area contributed by atoms with Crippen molar-refractivity contribution in [1.29, 1.82) is 0 Å². The number of fused-ring (bicyclic) bond motifs is 1. The molecule has 1 N–H and O–H groups in total. The smallest absolute Gasteiger partial charge is 0.308 e. The molecule has 1 unspecified atom stereocenters. The predicted molar refractivity (Wildman–Crippen MR) is 178 cm³/mol. The van der Waals surface area contributed by atoms with Gasteiger partial charge in [0, 0.05) is 18.5 Å².